The fourth-order valence-electron chi connectivity index (χ4n) is 0.759. The van der Waals surface area contributed by atoms with E-state index in [1.54, 1.807) is 0 Å². The van der Waals surface area contributed by atoms with Crippen LogP contribution in [-0.2, 0) is 6.18 Å². The molecule has 0 bridgehead atoms. The van der Waals surface area contributed by atoms with Crippen molar-refractivity contribution in [2.24, 2.45) is 5.18 Å². The Morgan fingerprint density at radius 3 is 2.31 bits per heavy atom. The van der Waals surface area contributed by atoms with Crippen molar-refractivity contribution >= 4 is 5.69 Å². The predicted molar refractivity (Wildman–Crippen MR) is 36.9 cm³/mol. The van der Waals surface area contributed by atoms with Crippen LogP contribution in [0.3, 0.4) is 0 Å². The van der Waals surface area contributed by atoms with E-state index in [-0.39, 0.29) is 0 Å². The molecule has 0 fully saturated rings. The molecule has 13 heavy (non-hydrogen) atoms. The van der Waals surface area contributed by atoms with Crippen molar-refractivity contribution in [2.45, 2.75) is 6.18 Å². The van der Waals surface area contributed by atoms with Crippen molar-refractivity contribution in [3.63, 3.8) is 0 Å². The minimum absolute atomic E-state index is 0.363. The second-order valence-corrected chi connectivity index (χ2v) is 2.26. The minimum Gasteiger partial charge on any atom is -0.204 e. The van der Waals surface area contributed by atoms with E-state index in [9.17, 15) is 22.5 Å². The summed E-state index contributed by atoms with van der Waals surface area (Å²) >= 11 is 0. The molecule has 1 rings (SSSR count). The zero-order valence-corrected chi connectivity index (χ0v) is 6.10. The Balaban J connectivity index is 3.21. The second-order valence-electron chi connectivity index (χ2n) is 2.26. The summed E-state index contributed by atoms with van der Waals surface area (Å²) < 4.78 is 48.4. The topological polar surface area (TPSA) is 29.4 Å². The maximum atomic E-state index is 12.5. The SMILES string of the molecule is O=Nc1cc(C(F)(F)F)ccc1F. The molecule has 1 aromatic carbocycles. The van der Waals surface area contributed by atoms with E-state index in [4.69, 9.17) is 0 Å². The van der Waals surface area contributed by atoms with Gasteiger partial charge in [0.15, 0.2) is 5.82 Å². The lowest BCUT2D eigenvalue weighted by Gasteiger charge is -2.05. The number of nitrogens with zero attached hydrogens (tertiary/aromatic N) is 1. The van der Waals surface area contributed by atoms with Gasteiger partial charge in [0.1, 0.15) is 5.69 Å². The Morgan fingerprint density at radius 2 is 1.85 bits per heavy atom. The highest BCUT2D eigenvalue weighted by Crippen LogP contribution is 2.32. The molecule has 0 heterocycles. The van der Waals surface area contributed by atoms with Crippen LogP contribution < -0.4 is 0 Å². The minimum atomic E-state index is -4.59. The molecular weight excluding hydrogens is 190 g/mol. The molecule has 0 unspecified atom stereocenters. The largest absolute Gasteiger partial charge is 0.416 e. The average Bonchev–Trinajstić information content (AvgIpc) is 2.03. The third-order valence-corrected chi connectivity index (χ3v) is 1.37. The van der Waals surface area contributed by atoms with Crippen molar-refractivity contribution in [3.05, 3.63) is 34.5 Å². The maximum Gasteiger partial charge on any atom is 0.416 e. The number of alkyl halides is 3. The number of benzene rings is 1. The number of hydrogen-bond acceptors (Lipinski definition) is 2. The summed E-state index contributed by atoms with van der Waals surface area (Å²) in [4.78, 5) is 9.85. The predicted octanol–water partition coefficient (Wildman–Crippen LogP) is 3.24. The van der Waals surface area contributed by atoms with Crippen LogP contribution >= 0.6 is 0 Å². The maximum absolute atomic E-state index is 12.5. The summed E-state index contributed by atoms with van der Waals surface area (Å²) in [6.45, 7) is 0. The number of rotatable bonds is 1. The summed E-state index contributed by atoms with van der Waals surface area (Å²) in [5.41, 5.74) is -1.93. The van der Waals surface area contributed by atoms with Gasteiger partial charge in [0.25, 0.3) is 0 Å². The molecule has 0 aliphatic heterocycles. The van der Waals surface area contributed by atoms with Crippen LogP contribution in [0.15, 0.2) is 23.4 Å². The molecule has 2 nitrogen and oxygen atoms in total. The van der Waals surface area contributed by atoms with Gasteiger partial charge in [-0.2, -0.15) is 13.2 Å². The zero-order valence-electron chi connectivity index (χ0n) is 6.10. The van der Waals surface area contributed by atoms with E-state index in [1.165, 1.54) is 0 Å². The highest BCUT2D eigenvalue weighted by Gasteiger charge is 2.31. The monoisotopic (exact) mass is 193 g/mol. The average molecular weight is 193 g/mol. The molecule has 0 spiro atoms. The standard InChI is InChI=1S/C7H3F4NO/c8-5-2-1-4(7(9,10)11)3-6(5)12-13/h1-3H. The molecule has 0 saturated heterocycles. The quantitative estimate of drug-likeness (QED) is 0.497. The number of hydrogen-bond donors (Lipinski definition) is 0. The van der Waals surface area contributed by atoms with Gasteiger partial charge in [-0.3, -0.25) is 0 Å². The van der Waals surface area contributed by atoms with Gasteiger partial charge < -0.3 is 0 Å². The van der Waals surface area contributed by atoms with Crippen LogP contribution in [0.5, 0.6) is 0 Å². The van der Waals surface area contributed by atoms with Gasteiger partial charge in [0.05, 0.1) is 5.56 Å². The van der Waals surface area contributed by atoms with Gasteiger partial charge in [0.2, 0.25) is 0 Å². The fraction of sp³-hybridized carbons (Fsp3) is 0.143. The second kappa shape index (κ2) is 3.12. The third-order valence-electron chi connectivity index (χ3n) is 1.37. The highest BCUT2D eigenvalue weighted by atomic mass is 19.4. The van der Waals surface area contributed by atoms with E-state index >= 15 is 0 Å². The van der Waals surface area contributed by atoms with Gasteiger partial charge in [-0.05, 0) is 23.4 Å². The van der Waals surface area contributed by atoms with Crippen LogP contribution in [0.4, 0.5) is 23.2 Å². The lowest BCUT2D eigenvalue weighted by atomic mass is 10.2. The van der Waals surface area contributed by atoms with E-state index in [0.717, 1.165) is 0 Å². The Bertz CT molecular complexity index is 334. The first-order chi connectivity index (χ1) is 5.95. The number of halogens is 4. The van der Waals surface area contributed by atoms with E-state index < -0.39 is 23.2 Å². The van der Waals surface area contributed by atoms with E-state index in [2.05, 4.69) is 5.18 Å². The normalized spacial score (nSPS) is 11.4. The number of nitroso groups, excluding NO2 is 1. The van der Waals surface area contributed by atoms with Crippen molar-refractivity contribution in [1.29, 1.82) is 0 Å². The Labute approximate surface area is 70.2 Å². The van der Waals surface area contributed by atoms with Crippen LogP contribution in [0, 0.1) is 10.7 Å². The molecule has 6 heteroatoms. The first kappa shape index (κ1) is 9.63. The first-order valence-electron chi connectivity index (χ1n) is 3.15. The van der Waals surface area contributed by atoms with Crippen LogP contribution in [0.2, 0.25) is 0 Å². The lowest BCUT2D eigenvalue weighted by molar-refractivity contribution is -0.137. The molecule has 0 atom stereocenters. The van der Waals surface area contributed by atoms with Gasteiger partial charge in [-0.1, -0.05) is 0 Å². The molecule has 0 radical (unpaired) electrons. The molecule has 0 N–H and O–H groups in total. The van der Waals surface area contributed by atoms with E-state index in [1.807, 2.05) is 0 Å². The smallest absolute Gasteiger partial charge is 0.204 e. The summed E-state index contributed by atoms with van der Waals surface area (Å²) in [6, 6.07) is 1.46. The van der Waals surface area contributed by atoms with Crippen molar-refractivity contribution in [3.8, 4) is 0 Å². The van der Waals surface area contributed by atoms with Gasteiger partial charge in [0, 0.05) is 0 Å². The molecule has 0 amide bonds. The van der Waals surface area contributed by atoms with Crippen molar-refractivity contribution in [1.82, 2.24) is 0 Å². The fourth-order valence-corrected chi connectivity index (χ4v) is 0.759. The molecule has 1 aromatic rings. The summed E-state index contributed by atoms with van der Waals surface area (Å²) in [6.07, 6.45) is -4.59. The lowest BCUT2D eigenvalue weighted by Crippen LogP contribution is -2.04. The Morgan fingerprint density at radius 1 is 1.23 bits per heavy atom. The Kier molecular flexibility index (Phi) is 2.31. The van der Waals surface area contributed by atoms with Crippen molar-refractivity contribution < 1.29 is 17.6 Å². The third kappa shape index (κ3) is 2.01. The molecule has 70 valence electrons. The molecule has 0 aliphatic rings. The van der Waals surface area contributed by atoms with Crippen LogP contribution in [-0.4, -0.2) is 0 Å². The first-order valence-corrected chi connectivity index (χ1v) is 3.15. The molecule has 0 saturated carbocycles. The van der Waals surface area contributed by atoms with Gasteiger partial charge >= 0.3 is 6.18 Å². The Hall–Kier alpha value is -1.46. The van der Waals surface area contributed by atoms with Crippen LogP contribution in [0.25, 0.3) is 0 Å². The van der Waals surface area contributed by atoms with Crippen molar-refractivity contribution in [2.75, 3.05) is 0 Å². The molecular formula is C7H3F4NO. The highest BCUT2D eigenvalue weighted by molar-refractivity contribution is 5.42. The molecule has 0 aromatic heterocycles. The van der Waals surface area contributed by atoms with Crippen LogP contribution in [0.1, 0.15) is 5.56 Å². The van der Waals surface area contributed by atoms with Gasteiger partial charge in [-0.15, -0.1) is 4.91 Å². The zero-order chi connectivity index (χ0) is 10.1. The summed E-state index contributed by atoms with van der Waals surface area (Å²) in [5.74, 6) is -1.07. The summed E-state index contributed by atoms with van der Waals surface area (Å²) in [7, 11) is 0. The summed E-state index contributed by atoms with van der Waals surface area (Å²) in [5, 5.41) is 2.12. The van der Waals surface area contributed by atoms with E-state index in [0.29, 0.717) is 18.2 Å². The van der Waals surface area contributed by atoms with Gasteiger partial charge in [-0.25, -0.2) is 4.39 Å². The molecule has 0 aliphatic carbocycles.